The summed E-state index contributed by atoms with van der Waals surface area (Å²) < 4.78 is 9.84. The van der Waals surface area contributed by atoms with Gasteiger partial charge in [-0.3, -0.25) is 9.59 Å². The molecule has 0 saturated carbocycles. The predicted octanol–water partition coefficient (Wildman–Crippen LogP) is 1.28. The summed E-state index contributed by atoms with van der Waals surface area (Å²) >= 11 is 6.20. The number of likely N-dealkylation sites (N-methyl/N-ethyl adjacent to an activating group) is 1. The Morgan fingerprint density at radius 3 is 2.65 bits per heavy atom. The van der Waals surface area contributed by atoms with Crippen LogP contribution in [0.25, 0.3) is 0 Å². The number of amides is 2. The van der Waals surface area contributed by atoms with Crippen LogP contribution in [-0.2, 0) is 14.3 Å². The van der Waals surface area contributed by atoms with Gasteiger partial charge in [-0.1, -0.05) is 11.6 Å². The van der Waals surface area contributed by atoms with Gasteiger partial charge >= 0.3 is 11.9 Å². The van der Waals surface area contributed by atoms with Gasteiger partial charge in [0.1, 0.15) is 5.75 Å². The van der Waals surface area contributed by atoms with E-state index in [2.05, 4.69) is 20.3 Å². The molecule has 0 spiro atoms. The molecule has 1 aromatic rings. The van der Waals surface area contributed by atoms with Crippen LogP contribution in [0.1, 0.15) is 23.7 Å². The van der Waals surface area contributed by atoms with E-state index in [1.54, 1.807) is 6.92 Å². The number of carbonyl (C=O) groups excluding carboxylic acids is 3. The van der Waals surface area contributed by atoms with E-state index in [1.165, 1.54) is 19.2 Å². The Morgan fingerprint density at radius 1 is 1.35 bits per heavy atom. The third-order valence-electron chi connectivity index (χ3n) is 3.97. The lowest BCUT2D eigenvalue weighted by Crippen LogP contribution is -2.36. The number of carbonyl (C=O) groups is 3. The van der Waals surface area contributed by atoms with Crippen molar-refractivity contribution in [2.24, 2.45) is 0 Å². The van der Waals surface area contributed by atoms with E-state index in [4.69, 9.17) is 16.3 Å². The number of esters is 1. The lowest BCUT2D eigenvalue weighted by Gasteiger charge is -2.16. The predicted molar refractivity (Wildman–Crippen MR) is 96.6 cm³/mol. The maximum absolute atomic E-state index is 12.5. The Labute approximate surface area is 156 Å². The maximum atomic E-state index is 12.5. The number of likely N-dealkylation sites (tertiary alicyclic amines) is 1. The topological polar surface area (TPSA) is 97.0 Å². The van der Waals surface area contributed by atoms with Gasteiger partial charge in [0.15, 0.2) is 0 Å². The first kappa shape index (κ1) is 20.0. The van der Waals surface area contributed by atoms with Crippen LogP contribution in [0.5, 0.6) is 5.75 Å². The monoisotopic (exact) mass is 383 g/mol. The quantitative estimate of drug-likeness (QED) is 0.587. The van der Waals surface area contributed by atoms with Crippen LogP contribution in [0.2, 0.25) is 5.02 Å². The number of benzene rings is 1. The van der Waals surface area contributed by atoms with Crippen molar-refractivity contribution >= 4 is 35.1 Å². The molecule has 1 fully saturated rings. The van der Waals surface area contributed by atoms with Crippen molar-refractivity contribution in [1.82, 2.24) is 10.2 Å². The molecule has 1 saturated heterocycles. The van der Waals surface area contributed by atoms with E-state index in [0.29, 0.717) is 0 Å². The Hall–Kier alpha value is -2.32. The molecule has 1 aliphatic heterocycles. The van der Waals surface area contributed by atoms with Gasteiger partial charge < -0.3 is 25.0 Å². The van der Waals surface area contributed by atoms with E-state index in [1.807, 2.05) is 7.05 Å². The Morgan fingerprint density at radius 2 is 2.08 bits per heavy atom. The molecule has 26 heavy (non-hydrogen) atoms. The number of hydrogen-bond donors (Lipinski definition) is 2. The van der Waals surface area contributed by atoms with E-state index in [-0.39, 0.29) is 40.6 Å². The van der Waals surface area contributed by atoms with Crippen molar-refractivity contribution in [3.05, 3.63) is 22.7 Å². The fraction of sp³-hybridized carbons (Fsp3) is 0.471. The molecule has 1 aromatic carbocycles. The third-order valence-corrected chi connectivity index (χ3v) is 4.28. The Balaban J connectivity index is 2.16. The molecule has 2 amide bonds. The van der Waals surface area contributed by atoms with Gasteiger partial charge in [-0.25, -0.2) is 4.79 Å². The van der Waals surface area contributed by atoms with Gasteiger partial charge in [0.25, 0.3) is 5.91 Å². The van der Waals surface area contributed by atoms with Crippen LogP contribution in [-0.4, -0.2) is 62.6 Å². The minimum absolute atomic E-state index is 0.0535. The first-order valence-corrected chi connectivity index (χ1v) is 8.58. The molecule has 2 N–H and O–H groups in total. The van der Waals surface area contributed by atoms with Crippen LogP contribution in [0, 0.1) is 0 Å². The van der Waals surface area contributed by atoms with Gasteiger partial charge in [0.2, 0.25) is 0 Å². The molecular weight excluding hydrogens is 362 g/mol. The van der Waals surface area contributed by atoms with Crippen molar-refractivity contribution in [1.29, 1.82) is 0 Å². The van der Waals surface area contributed by atoms with Crippen LogP contribution in [0.4, 0.5) is 5.69 Å². The van der Waals surface area contributed by atoms with Crippen molar-refractivity contribution in [2.75, 3.05) is 39.2 Å². The van der Waals surface area contributed by atoms with Crippen molar-refractivity contribution in [3.8, 4) is 5.75 Å². The fourth-order valence-electron chi connectivity index (χ4n) is 2.68. The van der Waals surface area contributed by atoms with Crippen LogP contribution < -0.4 is 15.4 Å². The van der Waals surface area contributed by atoms with E-state index < -0.39 is 11.9 Å². The highest BCUT2D eigenvalue weighted by atomic mass is 35.5. The number of anilines is 1. The molecule has 8 nitrogen and oxygen atoms in total. The number of halogens is 1. The molecule has 1 atom stereocenters. The number of nitrogens with zero attached hydrogens (tertiary/aromatic N) is 1. The second kappa shape index (κ2) is 8.86. The molecular formula is C17H22ClN3O5. The molecule has 0 radical (unpaired) electrons. The molecule has 0 aliphatic carbocycles. The lowest BCUT2D eigenvalue weighted by atomic mass is 10.1. The van der Waals surface area contributed by atoms with Crippen molar-refractivity contribution < 1.29 is 23.9 Å². The van der Waals surface area contributed by atoms with E-state index in [0.717, 1.165) is 19.5 Å². The molecule has 2 rings (SSSR count). The molecule has 142 valence electrons. The van der Waals surface area contributed by atoms with Gasteiger partial charge in [0.05, 0.1) is 30.0 Å². The Kier molecular flexibility index (Phi) is 6.82. The minimum Gasteiger partial charge on any atom is -0.495 e. The number of ether oxygens (including phenoxy) is 2. The summed E-state index contributed by atoms with van der Waals surface area (Å²) in [7, 11) is 3.38. The summed E-state index contributed by atoms with van der Waals surface area (Å²) in [4.78, 5) is 37.9. The summed E-state index contributed by atoms with van der Waals surface area (Å²) in [6, 6.07) is 2.85. The first-order valence-electron chi connectivity index (χ1n) is 8.20. The van der Waals surface area contributed by atoms with Crippen LogP contribution >= 0.6 is 11.6 Å². The maximum Gasteiger partial charge on any atom is 0.397 e. The largest absolute Gasteiger partial charge is 0.495 e. The van der Waals surface area contributed by atoms with E-state index in [9.17, 15) is 14.4 Å². The van der Waals surface area contributed by atoms with Gasteiger partial charge in [-0.05, 0) is 39.1 Å². The van der Waals surface area contributed by atoms with E-state index >= 15 is 0 Å². The van der Waals surface area contributed by atoms with Gasteiger partial charge in [0, 0.05) is 12.6 Å². The highest BCUT2D eigenvalue weighted by Crippen LogP contribution is 2.31. The lowest BCUT2D eigenvalue weighted by molar-refractivity contribution is -0.152. The van der Waals surface area contributed by atoms with Crippen molar-refractivity contribution in [2.45, 2.75) is 19.4 Å². The van der Waals surface area contributed by atoms with Crippen LogP contribution in [0.3, 0.4) is 0 Å². The minimum atomic E-state index is -1.02. The van der Waals surface area contributed by atoms with Crippen molar-refractivity contribution in [3.63, 3.8) is 0 Å². The SMILES string of the molecule is CCOC(=O)C(=O)Nc1cc(Cl)c(C(=O)NC2CCN(C)C2)cc1OC. The van der Waals surface area contributed by atoms with Crippen LogP contribution in [0.15, 0.2) is 12.1 Å². The second-order valence-electron chi connectivity index (χ2n) is 5.93. The normalized spacial score (nSPS) is 16.8. The van der Waals surface area contributed by atoms with Gasteiger partial charge in [-0.2, -0.15) is 0 Å². The zero-order valence-electron chi connectivity index (χ0n) is 14.9. The number of methoxy groups -OCH3 is 1. The summed E-state index contributed by atoms with van der Waals surface area (Å²) in [6.45, 7) is 3.37. The number of hydrogen-bond acceptors (Lipinski definition) is 6. The summed E-state index contributed by atoms with van der Waals surface area (Å²) in [6.07, 6.45) is 0.866. The zero-order chi connectivity index (χ0) is 19.3. The Bertz CT molecular complexity index is 710. The third kappa shape index (κ3) is 4.86. The zero-order valence-corrected chi connectivity index (χ0v) is 15.7. The molecule has 0 bridgehead atoms. The fourth-order valence-corrected chi connectivity index (χ4v) is 2.93. The average molecular weight is 384 g/mol. The number of rotatable bonds is 5. The average Bonchev–Trinajstić information content (AvgIpc) is 3.00. The highest BCUT2D eigenvalue weighted by molar-refractivity contribution is 6.38. The highest BCUT2D eigenvalue weighted by Gasteiger charge is 2.24. The summed E-state index contributed by atoms with van der Waals surface area (Å²) in [5, 5.41) is 5.43. The second-order valence-corrected chi connectivity index (χ2v) is 6.34. The number of nitrogens with one attached hydrogen (secondary N) is 2. The standard InChI is InChI=1S/C17H22ClN3O5/c1-4-26-17(24)16(23)20-13-8-12(18)11(7-14(13)25-3)15(22)19-10-5-6-21(2)9-10/h7-8,10H,4-6,9H2,1-3H3,(H,19,22)(H,20,23). The molecule has 1 aliphatic rings. The summed E-state index contributed by atoms with van der Waals surface area (Å²) in [5.41, 5.74) is 0.403. The first-order chi connectivity index (χ1) is 12.3. The summed E-state index contributed by atoms with van der Waals surface area (Å²) in [5.74, 6) is -2.08. The molecule has 0 aromatic heterocycles. The molecule has 9 heteroatoms. The molecule has 1 heterocycles. The molecule has 1 unspecified atom stereocenters. The smallest absolute Gasteiger partial charge is 0.397 e. The van der Waals surface area contributed by atoms with Gasteiger partial charge in [-0.15, -0.1) is 0 Å².